The lowest BCUT2D eigenvalue weighted by molar-refractivity contribution is -0.0500. The van der Waals surface area contributed by atoms with Gasteiger partial charge >= 0.3 is 21.7 Å². The molecular weight excluding hydrogens is 505 g/mol. The van der Waals surface area contributed by atoms with Gasteiger partial charge in [0.05, 0.1) is 0 Å². The van der Waals surface area contributed by atoms with Crippen LogP contribution in [-0.4, -0.2) is 37.9 Å². The molecule has 0 spiro atoms. The largest absolute Gasteiger partial charge is 0.534 e. The van der Waals surface area contributed by atoms with E-state index in [2.05, 4.69) is 25.1 Å². The Morgan fingerprint density at radius 2 is 1.69 bits per heavy atom. The predicted octanol–water partition coefficient (Wildman–Crippen LogP) is 3.78. The summed E-state index contributed by atoms with van der Waals surface area (Å²) >= 11 is 0. The number of urea groups is 1. The van der Waals surface area contributed by atoms with Crippen LogP contribution in [0.15, 0.2) is 66.9 Å². The van der Waals surface area contributed by atoms with Crippen molar-refractivity contribution in [3.05, 3.63) is 78.1 Å². The average Bonchev–Trinajstić information content (AvgIpc) is 2.82. The van der Waals surface area contributed by atoms with Crippen LogP contribution in [0.1, 0.15) is 16.1 Å². The minimum Gasteiger partial charge on any atom is -0.457 e. The Morgan fingerprint density at radius 3 is 2.36 bits per heavy atom. The molecule has 0 saturated heterocycles. The molecule has 36 heavy (non-hydrogen) atoms. The van der Waals surface area contributed by atoms with Crippen LogP contribution in [0.25, 0.3) is 0 Å². The van der Waals surface area contributed by atoms with Crippen molar-refractivity contribution in [3.63, 3.8) is 0 Å². The number of amides is 3. The van der Waals surface area contributed by atoms with Gasteiger partial charge in [-0.05, 0) is 35.9 Å². The van der Waals surface area contributed by atoms with Crippen molar-refractivity contribution in [1.29, 1.82) is 0 Å². The molecule has 0 unspecified atom stereocenters. The zero-order valence-electron chi connectivity index (χ0n) is 18.5. The third-order valence-electron chi connectivity index (χ3n) is 4.38. The maximum Gasteiger partial charge on any atom is 0.534 e. The molecule has 1 aromatic heterocycles. The average molecular weight is 524 g/mol. The van der Waals surface area contributed by atoms with E-state index in [0.29, 0.717) is 17.1 Å². The van der Waals surface area contributed by atoms with Crippen molar-refractivity contribution in [3.8, 4) is 17.2 Å². The number of benzene rings is 2. The predicted molar refractivity (Wildman–Crippen MR) is 122 cm³/mol. The van der Waals surface area contributed by atoms with E-state index in [4.69, 9.17) is 4.74 Å². The second-order valence-electron chi connectivity index (χ2n) is 7.02. The lowest BCUT2D eigenvalue weighted by atomic mass is 10.2. The fraction of sp³-hybridized carbons (Fsp3) is 0.136. The molecule has 3 amide bonds. The van der Waals surface area contributed by atoms with Crippen LogP contribution >= 0.6 is 0 Å². The van der Waals surface area contributed by atoms with Gasteiger partial charge in [-0.2, -0.15) is 21.6 Å². The number of rotatable bonds is 8. The number of alkyl halides is 3. The van der Waals surface area contributed by atoms with E-state index < -0.39 is 27.4 Å². The fourth-order valence-electron chi connectivity index (χ4n) is 2.70. The van der Waals surface area contributed by atoms with E-state index in [0.717, 1.165) is 12.1 Å². The molecule has 0 fully saturated rings. The quantitative estimate of drug-likeness (QED) is 0.301. The molecule has 0 radical (unpaired) electrons. The van der Waals surface area contributed by atoms with Gasteiger partial charge in [-0.25, -0.2) is 4.79 Å². The molecule has 2 aromatic carbocycles. The Balaban J connectivity index is 1.54. The molecular formula is C22H19F3N4O6S. The summed E-state index contributed by atoms with van der Waals surface area (Å²) in [7, 11) is -4.35. The summed E-state index contributed by atoms with van der Waals surface area (Å²) in [5.74, 6) is -0.0888. The highest BCUT2D eigenvalue weighted by atomic mass is 32.2. The minimum atomic E-state index is -5.83. The van der Waals surface area contributed by atoms with Gasteiger partial charge in [0.25, 0.3) is 5.91 Å². The van der Waals surface area contributed by atoms with Crippen LogP contribution in [0.5, 0.6) is 17.2 Å². The number of ether oxygens (including phenoxy) is 1. The van der Waals surface area contributed by atoms with Crippen LogP contribution in [0.4, 0.5) is 23.7 Å². The second kappa shape index (κ2) is 10.9. The first kappa shape index (κ1) is 26.3. The first-order chi connectivity index (χ1) is 17.0. The van der Waals surface area contributed by atoms with Crippen molar-refractivity contribution in [2.24, 2.45) is 0 Å². The summed E-state index contributed by atoms with van der Waals surface area (Å²) in [5.41, 5.74) is -4.67. The Morgan fingerprint density at radius 1 is 0.972 bits per heavy atom. The highest BCUT2D eigenvalue weighted by Gasteiger charge is 2.48. The first-order valence-electron chi connectivity index (χ1n) is 10.1. The molecule has 0 aliphatic heterocycles. The highest BCUT2D eigenvalue weighted by Crippen LogP contribution is 2.28. The summed E-state index contributed by atoms with van der Waals surface area (Å²) in [6.45, 7) is 0.0980. The van der Waals surface area contributed by atoms with E-state index in [-0.39, 0.29) is 23.8 Å². The van der Waals surface area contributed by atoms with E-state index in [1.165, 1.54) is 31.4 Å². The lowest BCUT2D eigenvalue weighted by Crippen LogP contribution is -2.29. The molecule has 0 atom stereocenters. The molecule has 3 N–H and O–H groups in total. The van der Waals surface area contributed by atoms with E-state index in [1.54, 1.807) is 30.3 Å². The Kier molecular flexibility index (Phi) is 7.99. The van der Waals surface area contributed by atoms with Crippen molar-refractivity contribution < 1.29 is 40.1 Å². The number of nitrogens with one attached hydrogen (secondary N) is 3. The summed E-state index contributed by atoms with van der Waals surface area (Å²) in [5, 5.41) is 7.39. The third kappa shape index (κ3) is 7.09. The standard InChI is InChI=1S/C22H19F3N4O6S/c1-26-20(30)19-12-17(9-10-27-19)34-16-7-5-14(6-8-16)13-28-21(31)29-15-3-2-4-18(11-15)35-36(32,33)22(23,24)25/h2-12H,13H2,1H3,(H,26,30)(H2,28,29,31). The monoisotopic (exact) mass is 524 g/mol. The van der Waals surface area contributed by atoms with E-state index in [1.807, 2.05) is 0 Å². The number of carbonyl (C=O) groups excluding carboxylic acids is 2. The number of halogens is 3. The number of hydrogen-bond acceptors (Lipinski definition) is 7. The molecule has 3 aromatic rings. The number of pyridine rings is 1. The number of carbonyl (C=O) groups is 2. The molecule has 0 bridgehead atoms. The van der Waals surface area contributed by atoms with Crippen molar-refractivity contribution in [1.82, 2.24) is 15.6 Å². The molecule has 1 heterocycles. The number of aromatic nitrogens is 1. The maximum atomic E-state index is 12.5. The molecule has 10 nitrogen and oxygen atoms in total. The van der Waals surface area contributed by atoms with Gasteiger partial charge in [0.15, 0.2) is 0 Å². The molecule has 0 aliphatic rings. The molecule has 190 valence electrons. The fourth-order valence-corrected chi connectivity index (χ4v) is 3.15. The zero-order valence-corrected chi connectivity index (χ0v) is 19.3. The van der Waals surface area contributed by atoms with Crippen LogP contribution in [0.2, 0.25) is 0 Å². The van der Waals surface area contributed by atoms with Gasteiger partial charge in [-0.1, -0.05) is 18.2 Å². The summed E-state index contributed by atoms with van der Waals surface area (Å²) in [6, 6.07) is 13.5. The van der Waals surface area contributed by atoms with E-state index in [9.17, 15) is 31.2 Å². The normalized spacial score (nSPS) is 11.3. The summed E-state index contributed by atoms with van der Waals surface area (Å²) in [6.07, 6.45) is 1.44. The Hall–Kier alpha value is -4.33. The van der Waals surface area contributed by atoms with Crippen molar-refractivity contribution in [2.45, 2.75) is 12.1 Å². The summed E-state index contributed by atoms with van der Waals surface area (Å²) < 4.78 is 69.4. The van der Waals surface area contributed by atoms with Crippen LogP contribution < -0.4 is 24.9 Å². The van der Waals surface area contributed by atoms with Crippen molar-refractivity contribution in [2.75, 3.05) is 12.4 Å². The topological polar surface area (TPSA) is 136 Å². The molecule has 3 rings (SSSR count). The maximum absolute atomic E-state index is 12.5. The minimum absolute atomic E-state index is 0.0135. The van der Waals surface area contributed by atoms with Crippen LogP contribution in [0.3, 0.4) is 0 Å². The highest BCUT2D eigenvalue weighted by molar-refractivity contribution is 7.88. The molecule has 0 aliphatic carbocycles. The lowest BCUT2D eigenvalue weighted by Gasteiger charge is -2.12. The Bertz CT molecular complexity index is 1350. The summed E-state index contributed by atoms with van der Waals surface area (Å²) in [4.78, 5) is 27.8. The van der Waals surface area contributed by atoms with E-state index >= 15 is 0 Å². The number of anilines is 1. The second-order valence-corrected chi connectivity index (χ2v) is 8.56. The van der Waals surface area contributed by atoms with Gasteiger partial charge in [0, 0.05) is 37.6 Å². The molecule has 0 saturated carbocycles. The number of hydrogen-bond donors (Lipinski definition) is 3. The zero-order chi connectivity index (χ0) is 26.3. The first-order valence-corrected chi connectivity index (χ1v) is 11.5. The third-order valence-corrected chi connectivity index (χ3v) is 5.36. The van der Waals surface area contributed by atoms with Gasteiger partial charge in [0.1, 0.15) is 22.9 Å². The van der Waals surface area contributed by atoms with Gasteiger partial charge in [-0.3, -0.25) is 9.78 Å². The van der Waals surface area contributed by atoms with Gasteiger partial charge in [-0.15, -0.1) is 0 Å². The van der Waals surface area contributed by atoms with Crippen LogP contribution in [0, 0.1) is 0 Å². The van der Waals surface area contributed by atoms with Gasteiger partial charge < -0.3 is 24.9 Å². The SMILES string of the molecule is CNC(=O)c1cc(Oc2ccc(CNC(=O)Nc3cccc(OS(=O)(=O)C(F)(F)F)c3)cc2)ccn1. The van der Waals surface area contributed by atoms with Gasteiger partial charge in [0.2, 0.25) is 0 Å². The Labute approximate surface area is 203 Å². The van der Waals surface area contributed by atoms with Crippen molar-refractivity contribution >= 4 is 27.7 Å². The molecule has 14 heteroatoms. The van der Waals surface area contributed by atoms with Crippen LogP contribution in [-0.2, 0) is 16.7 Å². The smallest absolute Gasteiger partial charge is 0.457 e. The number of nitrogens with zero attached hydrogens (tertiary/aromatic N) is 1.